The molecule has 2 nitrogen and oxygen atoms in total. The van der Waals surface area contributed by atoms with Crippen molar-refractivity contribution in [2.45, 2.75) is 32.1 Å². The van der Waals surface area contributed by atoms with Crippen LogP contribution in [0.4, 0.5) is 0 Å². The van der Waals surface area contributed by atoms with Gasteiger partial charge in [0, 0.05) is 13.2 Å². The molecule has 0 aromatic carbocycles. The maximum atomic E-state index is 5.36. The van der Waals surface area contributed by atoms with Gasteiger partial charge in [0.1, 0.15) is 0 Å². The van der Waals surface area contributed by atoms with E-state index in [0.29, 0.717) is 0 Å². The van der Waals surface area contributed by atoms with Crippen molar-refractivity contribution in [1.82, 2.24) is 4.90 Å². The van der Waals surface area contributed by atoms with Crippen LogP contribution in [0.2, 0.25) is 0 Å². The number of hydrogen-bond acceptors (Lipinski definition) is 2. The fraction of sp³-hybridized carbons (Fsp3) is 1.00. The van der Waals surface area contributed by atoms with E-state index in [4.69, 9.17) is 4.74 Å². The predicted molar refractivity (Wildman–Crippen MR) is 53.8 cm³/mol. The average Bonchev–Trinajstić information content (AvgIpc) is 2.69. The third kappa shape index (κ3) is 2.96. The molecule has 0 aromatic rings. The van der Waals surface area contributed by atoms with Gasteiger partial charge in [0.2, 0.25) is 0 Å². The summed E-state index contributed by atoms with van der Waals surface area (Å²) in [7, 11) is 0. The third-order valence-corrected chi connectivity index (χ3v) is 3.39. The fourth-order valence-electron chi connectivity index (χ4n) is 2.41. The molecule has 2 aliphatic rings. The summed E-state index contributed by atoms with van der Waals surface area (Å²) in [6.07, 6.45) is 6.85. The van der Waals surface area contributed by atoms with Gasteiger partial charge in [-0.2, -0.15) is 0 Å². The average molecular weight is 183 g/mol. The van der Waals surface area contributed by atoms with Gasteiger partial charge in [0.15, 0.2) is 0 Å². The molecular weight excluding hydrogens is 162 g/mol. The minimum absolute atomic E-state index is 0.953. The number of likely N-dealkylation sites (tertiary alicyclic amines) is 1. The SMILES string of the molecule is C1CCN(CCC2CCOCC2)C1. The molecule has 2 rings (SSSR count). The molecule has 0 bridgehead atoms. The second-order valence-corrected chi connectivity index (χ2v) is 4.39. The van der Waals surface area contributed by atoms with Crippen molar-refractivity contribution in [2.24, 2.45) is 5.92 Å². The van der Waals surface area contributed by atoms with Crippen LogP contribution in [0.1, 0.15) is 32.1 Å². The summed E-state index contributed by atoms with van der Waals surface area (Å²) in [6, 6.07) is 0. The highest BCUT2D eigenvalue weighted by Crippen LogP contribution is 2.19. The van der Waals surface area contributed by atoms with Gasteiger partial charge in [-0.25, -0.2) is 0 Å². The van der Waals surface area contributed by atoms with E-state index in [1.807, 2.05) is 0 Å². The summed E-state index contributed by atoms with van der Waals surface area (Å²) in [4.78, 5) is 2.62. The van der Waals surface area contributed by atoms with Crippen molar-refractivity contribution in [3.8, 4) is 0 Å². The highest BCUT2D eigenvalue weighted by molar-refractivity contribution is 4.70. The summed E-state index contributed by atoms with van der Waals surface area (Å²) in [6.45, 7) is 6.05. The molecule has 0 radical (unpaired) electrons. The Balaban J connectivity index is 1.60. The van der Waals surface area contributed by atoms with Gasteiger partial charge in [-0.05, 0) is 57.7 Å². The van der Waals surface area contributed by atoms with Crippen molar-refractivity contribution in [1.29, 1.82) is 0 Å². The number of ether oxygens (including phenoxy) is 1. The summed E-state index contributed by atoms with van der Waals surface area (Å²) in [5, 5.41) is 0. The van der Waals surface area contributed by atoms with Crippen molar-refractivity contribution < 1.29 is 4.74 Å². The van der Waals surface area contributed by atoms with Crippen LogP contribution in [-0.2, 0) is 4.74 Å². The number of nitrogens with zero attached hydrogens (tertiary/aromatic N) is 1. The van der Waals surface area contributed by atoms with Gasteiger partial charge >= 0.3 is 0 Å². The first-order valence-corrected chi connectivity index (χ1v) is 5.75. The van der Waals surface area contributed by atoms with E-state index >= 15 is 0 Å². The minimum atomic E-state index is 0.953. The van der Waals surface area contributed by atoms with Crippen LogP contribution in [0.15, 0.2) is 0 Å². The number of hydrogen-bond donors (Lipinski definition) is 0. The monoisotopic (exact) mass is 183 g/mol. The van der Waals surface area contributed by atoms with E-state index in [-0.39, 0.29) is 0 Å². The van der Waals surface area contributed by atoms with Gasteiger partial charge in [-0.15, -0.1) is 0 Å². The van der Waals surface area contributed by atoms with Crippen molar-refractivity contribution in [2.75, 3.05) is 32.8 Å². The van der Waals surface area contributed by atoms with E-state index in [1.54, 1.807) is 0 Å². The second-order valence-electron chi connectivity index (χ2n) is 4.39. The van der Waals surface area contributed by atoms with Crippen LogP contribution in [0.5, 0.6) is 0 Å². The minimum Gasteiger partial charge on any atom is -0.381 e. The maximum absolute atomic E-state index is 5.36. The summed E-state index contributed by atoms with van der Waals surface area (Å²) >= 11 is 0. The van der Waals surface area contributed by atoms with E-state index in [2.05, 4.69) is 4.90 Å². The Labute approximate surface area is 81.3 Å². The van der Waals surface area contributed by atoms with Gasteiger partial charge in [-0.1, -0.05) is 0 Å². The van der Waals surface area contributed by atoms with Crippen molar-refractivity contribution in [3.63, 3.8) is 0 Å². The molecule has 0 spiro atoms. The third-order valence-electron chi connectivity index (χ3n) is 3.39. The Hall–Kier alpha value is -0.0800. The lowest BCUT2D eigenvalue weighted by Crippen LogP contribution is -2.25. The van der Waals surface area contributed by atoms with Crippen molar-refractivity contribution in [3.05, 3.63) is 0 Å². The van der Waals surface area contributed by atoms with Crippen LogP contribution in [0.3, 0.4) is 0 Å². The molecule has 2 heteroatoms. The molecule has 2 saturated heterocycles. The quantitative estimate of drug-likeness (QED) is 0.662. The fourth-order valence-corrected chi connectivity index (χ4v) is 2.41. The van der Waals surface area contributed by atoms with Crippen LogP contribution in [0, 0.1) is 5.92 Å². The van der Waals surface area contributed by atoms with Gasteiger partial charge < -0.3 is 9.64 Å². The molecule has 0 amide bonds. The molecule has 2 heterocycles. The van der Waals surface area contributed by atoms with E-state index in [1.165, 1.54) is 51.7 Å². The second kappa shape index (κ2) is 4.97. The molecule has 0 atom stereocenters. The van der Waals surface area contributed by atoms with Crippen LogP contribution in [-0.4, -0.2) is 37.7 Å². The molecule has 2 aliphatic heterocycles. The first-order chi connectivity index (χ1) is 6.45. The molecule has 76 valence electrons. The summed E-state index contributed by atoms with van der Waals surface area (Å²) in [5.74, 6) is 0.953. The van der Waals surface area contributed by atoms with Crippen LogP contribution >= 0.6 is 0 Å². The molecule has 0 aromatic heterocycles. The van der Waals surface area contributed by atoms with E-state index in [0.717, 1.165) is 19.1 Å². The zero-order valence-electron chi connectivity index (χ0n) is 8.50. The van der Waals surface area contributed by atoms with Crippen LogP contribution in [0.25, 0.3) is 0 Å². The predicted octanol–water partition coefficient (Wildman–Crippen LogP) is 1.90. The maximum Gasteiger partial charge on any atom is 0.0468 e. The Morgan fingerprint density at radius 2 is 1.77 bits per heavy atom. The smallest absolute Gasteiger partial charge is 0.0468 e. The molecule has 0 aliphatic carbocycles. The van der Waals surface area contributed by atoms with Gasteiger partial charge in [0.25, 0.3) is 0 Å². The van der Waals surface area contributed by atoms with E-state index in [9.17, 15) is 0 Å². The zero-order valence-corrected chi connectivity index (χ0v) is 8.50. The lowest BCUT2D eigenvalue weighted by Gasteiger charge is -2.24. The zero-order chi connectivity index (χ0) is 8.93. The Morgan fingerprint density at radius 3 is 2.46 bits per heavy atom. The number of rotatable bonds is 3. The molecule has 13 heavy (non-hydrogen) atoms. The summed E-state index contributed by atoms with van der Waals surface area (Å²) in [5.41, 5.74) is 0. The largest absolute Gasteiger partial charge is 0.381 e. The molecular formula is C11H21NO. The highest BCUT2D eigenvalue weighted by Gasteiger charge is 2.16. The first kappa shape index (κ1) is 9.47. The summed E-state index contributed by atoms with van der Waals surface area (Å²) < 4.78 is 5.36. The lowest BCUT2D eigenvalue weighted by atomic mass is 9.96. The molecule has 0 unspecified atom stereocenters. The van der Waals surface area contributed by atoms with Crippen molar-refractivity contribution >= 4 is 0 Å². The lowest BCUT2D eigenvalue weighted by molar-refractivity contribution is 0.0610. The Bertz CT molecular complexity index is 137. The Kier molecular flexibility index (Phi) is 3.62. The first-order valence-electron chi connectivity index (χ1n) is 5.75. The normalized spacial score (nSPS) is 26.8. The van der Waals surface area contributed by atoms with Crippen LogP contribution < -0.4 is 0 Å². The molecule has 2 fully saturated rings. The topological polar surface area (TPSA) is 12.5 Å². The highest BCUT2D eigenvalue weighted by atomic mass is 16.5. The van der Waals surface area contributed by atoms with E-state index < -0.39 is 0 Å². The standard InChI is InChI=1S/C11H21NO/c1-2-7-12(6-1)8-3-11-4-9-13-10-5-11/h11H,1-10H2. The molecule has 0 saturated carbocycles. The molecule has 0 N–H and O–H groups in total. The van der Waals surface area contributed by atoms with Gasteiger partial charge in [-0.3, -0.25) is 0 Å². The van der Waals surface area contributed by atoms with Gasteiger partial charge in [0.05, 0.1) is 0 Å². The Morgan fingerprint density at radius 1 is 1.08 bits per heavy atom.